The van der Waals surface area contributed by atoms with Gasteiger partial charge >= 0.3 is 0 Å². The zero-order valence-electron chi connectivity index (χ0n) is 16.6. The third kappa shape index (κ3) is 3.99. The molecule has 0 atom stereocenters. The highest BCUT2D eigenvalue weighted by Crippen LogP contribution is 2.24. The molecule has 7 nitrogen and oxygen atoms in total. The van der Waals surface area contributed by atoms with Crippen LogP contribution in [0.15, 0.2) is 35.3 Å². The second-order valence-electron chi connectivity index (χ2n) is 7.74. The second-order valence-corrected chi connectivity index (χ2v) is 8.12. The Balaban J connectivity index is 1.73. The number of hydrogen-bond acceptors (Lipinski definition) is 5. The van der Waals surface area contributed by atoms with E-state index in [0.29, 0.717) is 43.2 Å². The first-order chi connectivity index (χ1) is 13.2. The summed E-state index contributed by atoms with van der Waals surface area (Å²) in [6.45, 7) is 7.94. The Morgan fingerprint density at radius 1 is 1.18 bits per heavy atom. The van der Waals surface area contributed by atoms with Crippen molar-refractivity contribution in [1.29, 1.82) is 0 Å². The van der Waals surface area contributed by atoms with Crippen LogP contribution in [0, 0.1) is 0 Å². The smallest absolute Gasteiger partial charge is 0.288 e. The van der Waals surface area contributed by atoms with Crippen molar-refractivity contribution < 1.29 is 9.53 Å². The summed E-state index contributed by atoms with van der Waals surface area (Å²) in [5.74, 6) is 0.618. The minimum atomic E-state index is -0.443. The Bertz CT molecular complexity index is 928. The molecular formula is C20H25ClN4O3. The molecule has 1 aromatic carbocycles. The van der Waals surface area contributed by atoms with E-state index < -0.39 is 5.54 Å². The van der Waals surface area contributed by atoms with E-state index in [1.807, 2.05) is 31.7 Å². The molecule has 0 bridgehead atoms. The topological polar surface area (TPSA) is 67.7 Å². The molecule has 8 heteroatoms. The molecule has 150 valence electrons. The number of halogens is 1. The lowest BCUT2D eigenvalue weighted by Crippen LogP contribution is -2.49. The average Bonchev–Trinajstić information content (AvgIpc) is 2.68. The van der Waals surface area contributed by atoms with Crippen LogP contribution in [0.4, 0.5) is 5.69 Å². The number of amides is 1. The second kappa shape index (κ2) is 7.83. The van der Waals surface area contributed by atoms with Crippen molar-refractivity contribution in [3.05, 3.63) is 51.4 Å². The quantitative estimate of drug-likeness (QED) is 0.786. The number of nitrogens with zero attached hydrogens (tertiary/aromatic N) is 4. The highest BCUT2D eigenvalue weighted by molar-refractivity contribution is 6.33. The predicted octanol–water partition coefficient (Wildman–Crippen LogP) is 2.62. The van der Waals surface area contributed by atoms with Gasteiger partial charge in [0.15, 0.2) is 0 Å². The number of hydrogen-bond donors (Lipinski definition) is 0. The molecule has 0 aliphatic carbocycles. The van der Waals surface area contributed by atoms with Gasteiger partial charge in [0.05, 0.1) is 24.5 Å². The Kier molecular flexibility index (Phi) is 5.65. The van der Waals surface area contributed by atoms with Gasteiger partial charge in [-0.2, -0.15) is 5.10 Å². The maximum Gasteiger partial charge on any atom is 0.288 e. The molecule has 1 aromatic heterocycles. The Labute approximate surface area is 169 Å². The van der Waals surface area contributed by atoms with Crippen LogP contribution in [-0.4, -0.2) is 53.9 Å². The molecule has 1 fully saturated rings. The summed E-state index contributed by atoms with van der Waals surface area (Å²) in [5, 5.41) is 4.45. The fraction of sp³-hybridized carbons (Fsp3) is 0.450. The van der Waals surface area contributed by atoms with Crippen LogP contribution in [0.5, 0.6) is 5.75 Å². The van der Waals surface area contributed by atoms with Gasteiger partial charge in [0.1, 0.15) is 10.8 Å². The van der Waals surface area contributed by atoms with Gasteiger partial charge in [0.25, 0.3) is 11.5 Å². The van der Waals surface area contributed by atoms with E-state index in [4.69, 9.17) is 16.3 Å². The lowest BCUT2D eigenvalue weighted by atomic mass is 10.1. The molecular weight excluding hydrogens is 380 g/mol. The fourth-order valence-electron chi connectivity index (χ4n) is 3.21. The molecule has 0 spiro atoms. The van der Waals surface area contributed by atoms with Crippen LogP contribution in [-0.2, 0) is 5.54 Å². The van der Waals surface area contributed by atoms with Crippen molar-refractivity contribution >= 4 is 23.2 Å². The number of anilines is 1. The van der Waals surface area contributed by atoms with E-state index in [-0.39, 0.29) is 16.5 Å². The van der Waals surface area contributed by atoms with Crippen LogP contribution in [0.1, 0.15) is 31.1 Å². The average molecular weight is 405 g/mol. The molecule has 2 heterocycles. The van der Waals surface area contributed by atoms with Gasteiger partial charge in [0, 0.05) is 31.7 Å². The maximum absolute atomic E-state index is 12.7. The first-order valence-electron chi connectivity index (χ1n) is 9.19. The van der Waals surface area contributed by atoms with Crippen molar-refractivity contribution in [2.24, 2.45) is 0 Å². The van der Waals surface area contributed by atoms with Crippen LogP contribution in [0.3, 0.4) is 0 Å². The summed E-state index contributed by atoms with van der Waals surface area (Å²) in [6.07, 6.45) is 1.63. The number of aromatic nitrogens is 2. The molecule has 0 unspecified atom stereocenters. The summed E-state index contributed by atoms with van der Waals surface area (Å²) < 4.78 is 6.58. The van der Waals surface area contributed by atoms with Crippen LogP contribution < -0.4 is 15.2 Å². The number of piperazine rings is 1. The van der Waals surface area contributed by atoms with E-state index in [1.165, 1.54) is 4.68 Å². The summed E-state index contributed by atoms with van der Waals surface area (Å²) in [6, 6.07) is 7.13. The van der Waals surface area contributed by atoms with Gasteiger partial charge < -0.3 is 14.5 Å². The largest absolute Gasteiger partial charge is 0.497 e. The Hall–Kier alpha value is -2.54. The first kappa shape index (κ1) is 20.2. The molecule has 3 rings (SSSR count). The zero-order valence-corrected chi connectivity index (χ0v) is 17.4. The number of benzene rings is 1. The normalized spacial score (nSPS) is 14.9. The highest BCUT2D eigenvalue weighted by atomic mass is 35.5. The molecule has 1 aliphatic heterocycles. The van der Waals surface area contributed by atoms with E-state index in [9.17, 15) is 9.59 Å². The molecule has 0 N–H and O–H groups in total. The van der Waals surface area contributed by atoms with E-state index >= 15 is 0 Å². The summed E-state index contributed by atoms with van der Waals surface area (Å²) in [5.41, 5.74) is 0.462. The van der Waals surface area contributed by atoms with Crippen molar-refractivity contribution in [3.8, 4) is 5.75 Å². The van der Waals surface area contributed by atoms with Gasteiger partial charge in [-0.05, 0) is 39.0 Å². The zero-order chi connectivity index (χ0) is 20.5. The molecule has 0 radical (unpaired) electrons. The van der Waals surface area contributed by atoms with Crippen molar-refractivity contribution in [1.82, 2.24) is 14.7 Å². The minimum absolute atomic E-state index is 0.0362. The number of ether oxygens (including phenoxy) is 1. The molecule has 0 saturated carbocycles. The third-order valence-electron chi connectivity index (χ3n) is 4.76. The number of rotatable bonds is 3. The van der Waals surface area contributed by atoms with Gasteiger partial charge in [0.2, 0.25) is 0 Å². The molecule has 28 heavy (non-hydrogen) atoms. The lowest BCUT2D eigenvalue weighted by Gasteiger charge is -2.36. The molecule has 1 aliphatic rings. The Morgan fingerprint density at radius 3 is 2.46 bits per heavy atom. The van der Waals surface area contributed by atoms with Crippen LogP contribution >= 0.6 is 11.6 Å². The highest BCUT2D eigenvalue weighted by Gasteiger charge is 2.26. The predicted molar refractivity (Wildman–Crippen MR) is 110 cm³/mol. The summed E-state index contributed by atoms with van der Waals surface area (Å²) in [4.78, 5) is 29.1. The van der Waals surface area contributed by atoms with Gasteiger partial charge in [-0.15, -0.1) is 0 Å². The van der Waals surface area contributed by atoms with E-state index in [1.54, 1.807) is 36.4 Å². The molecule has 1 saturated heterocycles. The van der Waals surface area contributed by atoms with Crippen molar-refractivity contribution in [3.63, 3.8) is 0 Å². The standard InChI is InChI=1S/C20H25ClN4O3/c1-20(2,3)25-19(27)17(21)16(13-22-25)23-8-10-24(11-9-23)18(26)14-6-5-7-15(12-14)28-4/h5-7,12-13H,8-11H2,1-4H3. The van der Waals surface area contributed by atoms with Gasteiger partial charge in [-0.3, -0.25) is 9.59 Å². The fourth-order valence-corrected chi connectivity index (χ4v) is 3.46. The minimum Gasteiger partial charge on any atom is -0.497 e. The third-order valence-corrected chi connectivity index (χ3v) is 5.12. The van der Waals surface area contributed by atoms with Gasteiger partial charge in [-0.1, -0.05) is 17.7 Å². The lowest BCUT2D eigenvalue weighted by molar-refractivity contribution is 0.0746. The monoisotopic (exact) mass is 404 g/mol. The molecule has 1 amide bonds. The number of carbonyl (C=O) groups excluding carboxylic acids is 1. The van der Waals surface area contributed by atoms with Crippen LogP contribution in [0.25, 0.3) is 0 Å². The number of methoxy groups -OCH3 is 1. The van der Waals surface area contributed by atoms with Crippen LogP contribution in [0.2, 0.25) is 5.02 Å². The van der Waals surface area contributed by atoms with E-state index in [2.05, 4.69) is 5.10 Å². The Morgan fingerprint density at radius 2 is 1.86 bits per heavy atom. The van der Waals surface area contributed by atoms with E-state index in [0.717, 1.165) is 0 Å². The first-order valence-corrected chi connectivity index (χ1v) is 9.57. The maximum atomic E-state index is 12.7. The van der Waals surface area contributed by atoms with Crippen molar-refractivity contribution in [2.75, 3.05) is 38.2 Å². The summed E-state index contributed by atoms with van der Waals surface area (Å²) >= 11 is 6.36. The molecule has 2 aromatic rings. The SMILES string of the molecule is COc1cccc(C(=O)N2CCN(c3cnn(C(C)(C)C)c(=O)c3Cl)CC2)c1. The number of carbonyl (C=O) groups is 1. The van der Waals surface area contributed by atoms with Crippen molar-refractivity contribution in [2.45, 2.75) is 26.3 Å². The summed E-state index contributed by atoms with van der Waals surface area (Å²) in [7, 11) is 1.58. The van der Waals surface area contributed by atoms with Gasteiger partial charge in [-0.25, -0.2) is 4.68 Å².